The summed E-state index contributed by atoms with van der Waals surface area (Å²) in [6.45, 7) is 0.482. The van der Waals surface area contributed by atoms with Crippen LogP contribution in [0.25, 0.3) is 0 Å². The second-order valence-electron chi connectivity index (χ2n) is 5.18. The Bertz CT molecular complexity index is 853. The topological polar surface area (TPSA) is 209 Å². The summed E-state index contributed by atoms with van der Waals surface area (Å²) >= 11 is 0. The predicted molar refractivity (Wildman–Crippen MR) is 70.6 cm³/mol. The van der Waals surface area contributed by atoms with Gasteiger partial charge in [-0.2, -0.15) is 0 Å². The van der Waals surface area contributed by atoms with E-state index >= 15 is 0 Å². The van der Waals surface area contributed by atoms with Gasteiger partial charge in [-0.1, -0.05) is 0 Å². The molecule has 0 radical (unpaired) electrons. The molecule has 1 aromatic rings. The van der Waals surface area contributed by atoms with Crippen LogP contribution in [0.2, 0.25) is 0 Å². The Labute approximate surface area is 253 Å². The maximum absolute atomic E-state index is 11.8. The Hall–Kier alpha value is 2.86. The van der Waals surface area contributed by atoms with Gasteiger partial charge in [0, 0.05) is 18.2 Å². The number of aromatic nitrogens is 2. The van der Waals surface area contributed by atoms with Crippen LogP contribution < -0.4 is 149 Å². The molecule has 29 heavy (non-hydrogen) atoms. The minimum atomic E-state index is -5.47. The Morgan fingerprint density at radius 1 is 1.14 bits per heavy atom. The molecule has 1 aliphatic heterocycles. The van der Waals surface area contributed by atoms with Crippen molar-refractivity contribution in [1.29, 1.82) is 0 Å². The molecular weight excluding hydrogens is 478 g/mol. The molecule has 1 aliphatic rings. The van der Waals surface area contributed by atoms with Crippen LogP contribution in [0.1, 0.15) is 18.2 Å². The zero-order chi connectivity index (χ0) is 19.0. The monoisotopic (exact) mass is 490 g/mol. The predicted octanol–water partition coefficient (Wildman–Crippen LogP) is -15.8. The van der Waals surface area contributed by atoms with Crippen molar-refractivity contribution in [3.63, 3.8) is 0 Å². The van der Waals surface area contributed by atoms with Gasteiger partial charge in [-0.15, -0.1) is 0 Å². The molecule has 0 amide bonds. The van der Waals surface area contributed by atoms with Crippen molar-refractivity contribution in [2.45, 2.75) is 31.8 Å². The fourth-order valence-corrected chi connectivity index (χ4v) is 3.15. The third-order valence-corrected chi connectivity index (χ3v) is 4.29. The van der Waals surface area contributed by atoms with Gasteiger partial charge in [-0.25, -0.2) is 4.79 Å². The van der Waals surface area contributed by atoms with Crippen LogP contribution in [0.4, 0.5) is 0 Å². The first-order chi connectivity index (χ1) is 11.4. The standard InChI is InChI=1S/C10H16N2O11P2.4Na/c1-5-3-12(10(14)11-9(5)13)8-2-6(23-25(18,19)20)7(22-8)4-21-24(15,16)17;;;;/h3,6-8H,2,4H2,1H3,(H,11,13,14)(H2,15,16,17)(H2,18,19,20);;;;/q;4*+1/p-4/t6-,7+,8+;;;;/m0..../s1. The van der Waals surface area contributed by atoms with E-state index in [9.17, 15) is 38.3 Å². The van der Waals surface area contributed by atoms with Crippen LogP contribution in [0.15, 0.2) is 15.8 Å². The van der Waals surface area contributed by atoms with Crippen molar-refractivity contribution < 1.29 is 161 Å². The third-order valence-electron chi connectivity index (χ3n) is 3.30. The van der Waals surface area contributed by atoms with E-state index in [0.29, 0.717) is 0 Å². The van der Waals surface area contributed by atoms with Crippen molar-refractivity contribution in [3.05, 3.63) is 32.6 Å². The van der Waals surface area contributed by atoms with Gasteiger partial charge < -0.3 is 42.5 Å². The van der Waals surface area contributed by atoms with Gasteiger partial charge in [0.2, 0.25) is 0 Å². The molecule has 1 aromatic heterocycles. The summed E-state index contributed by atoms with van der Waals surface area (Å²) in [7, 11) is -10.9. The van der Waals surface area contributed by atoms with Crippen LogP contribution in [-0.2, 0) is 22.9 Å². The Balaban J connectivity index is -0.00000169. The number of hydrogen-bond acceptors (Lipinski definition) is 11. The number of hydrogen-bond donors (Lipinski definition) is 1. The van der Waals surface area contributed by atoms with E-state index in [1.165, 1.54) is 6.92 Å². The van der Waals surface area contributed by atoms with E-state index in [0.717, 1.165) is 10.8 Å². The number of aromatic amines is 1. The van der Waals surface area contributed by atoms with Gasteiger partial charge in [0.15, 0.2) is 0 Å². The van der Waals surface area contributed by atoms with Crippen LogP contribution >= 0.6 is 15.6 Å². The molecule has 0 bridgehead atoms. The molecule has 0 aromatic carbocycles. The molecule has 19 heteroatoms. The summed E-state index contributed by atoms with van der Waals surface area (Å²) in [4.78, 5) is 67.9. The first kappa shape index (κ1) is 36.4. The van der Waals surface area contributed by atoms with E-state index in [4.69, 9.17) is 4.74 Å². The molecule has 1 saturated heterocycles. The molecule has 142 valence electrons. The zero-order valence-corrected chi connectivity index (χ0v) is 26.3. The van der Waals surface area contributed by atoms with Gasteiger partial charge in [-0.05, 0) is 6.92 Å². The van der Waals surface area contributed by atoms with Crippen LogP contribution in [-0.4, -0.2) is 28.4 Å². The summed E-state index contributed by atoms with van der Waals surface area (Å²) in [5.74, 6) is 0. The number of nitrogens with zero attached hydrogens (tertiary/aromatic N) is 1. The average molecular weight is 490 g/mol. The van der Waals surface area contributed by atoms with E-state index in [-0.39, 0.29) is 130 Å². The molecule has 1 N–H and O–H groups in total. The summed E-state index contributed by atoms with van der Waals surface area (Å²) < 4.78 is 35.8. The Kier molecular flexibility index (Phi) is 18.8. The molecule has 2 heterocycles. The first-order valence-electron chi connectivity index (χ1n) is 6.70. The maximum atomic E-state index is 11.8. The van der Waals surface area contributed by atoms with E-state index in [2.05, 4.69) is 9.05 Å². The largest absolute Gasteiger partial charge is 1.00 e. The van der Waals surface area contributed by atoms with Crippen molar-refractivity contribution in [1.82, 2.24) is 9.55 Å². The number of nitrogens with one attached hydrogen (secondary N) is 1. The number of aryl methyl sites for hydroxylation is 1. The van der Waals surface area contributed by atoms with E-state index < -0.39 is 51.9 Å². The maximum Gasteiger partial charge on any atom is 1.00 e. The van der Waals surface area contributed by atoms with Crippen molar-refractivity contribution in [3.8, 4) is 0 Å². The smallest absolute Gasteiger partial charge is 0.790 e. The molecule has 0 saturated carbocycles. The molecule has 1 fully saturated rings. The summed E-state index contributed by atoms with van der Waals surface area (Å²) in [5.41, 5.74) is -1.39. The van der Waals surface area contributed by atoms with Crippen LogP contribution in [0.5, 0.6) is 0 Å². The number of phosphoric acid groups is 2. The minimum Gasteiger partial charge on any atom is -0.790 e. The fourth-order valence-electron chi connectivity index (χ4n) is 2.26. The molecule has 0 aliphatic carbocycles. The molecule has 3 atom stereocenters. The SMILES string of the molecule is Cc1cn([C@H]2C[C@H](OP(=O)([O-])[O-])[C@@H](COP(=O)([O-])[O-])O2)c(=O)[nH]c1=O.[Na+].[Na+].[Na+].[Na+]. The molecule has 0 spiro atoms. The quantitative estimate of drug-likeness (QED) is 0.292. The van der Waals surface area contributed by atoms with Crippen LogP contribution in [0.3, 0.4) is 0 Å². The summed E-state index contributed by atoms with van der Waals surface area (Å²) in [6, 6.07) is 0. The van der Waals surface area contributed by atoms with Gasteiger partial charge in [0.1, 0.15) is 12.3 Å². The van der Waals surface area contributed by atoms with E-state index in [1.807, 2.05) is 4.98 Å². The summed E-state index contributed by atoms with van der Waals surface area (Å²) in [6.07, 6.45) is -3.33. The normalized spacial score (nSPS) is 21.2. The molecule has 2 rings (SSSR count). The Morgan fingerprint density at radius 3 is 2.17 bits per heavy atom. The fraction of sp³-hybridized carbons (Fsp3) is 0.600. The number of ether oxygens (including phenoxy) is 1. The average Bonchev–Trinajstić information content (AvgIpc) is 2.80. The molecule has 0 unspecified atom stereocenters. The first-order valence-corrected chi connectivity index (χ1v) is 9.62. The number of rotatable bonds is 6. The number of H-pyrrole nitrogens is 1. The zero-order valence-electron chi connectivity index (χ0n) is 16.6. The number of phosphoric ester groups is 2. The second-order valence-corrected chi connectivity index (χ2v) is 7.44. The minimum absolute atomic E-state index is 0. The van der Waals surface area contributed by atoms with Gasteiger partial charge >= 0.3 is 124 Å². The van der Waals surface area contributed by atoms with Gasteiger partial charge in [0.25, 0.3) is 5.56 Å². The van der Waals surface area contributed by atoms with Gasteiger partial charge in [0.05, 0.1) is 28.4 Å². The van der Waals surface area contributed by atoms with Crippen molar-refractivity contribution in [2.75, 3.05) is 6.61 Å². The second kappa shape index (κ2) is 15.0. The van der Waals surface area contributed by atoms with Gasteiger partial charge in [-0.3, -0.25) is 14.3 Å². The van der Waals surface area contributed by atoms with Crippen molar-refractivity contribution >= 4 is 15.6 Å². The molecular formula is C10H12N2Na4O11P2. The third kappa shape index (κ3) is 12.2. The summed E-state index contributed by atoms with van der Waals surface area (Å²) in [5, 5.41) is 0. The van der Waals surface area contributed by atoms with Crippen molar-refractivity contribution in [2.24, 2.45) is 0 Å². The van der Waals surface area contributed by atoms with Crippen LogP contribution in [0, 0.1) is 6.92 Å². The van der Waals surface area contributed by atoms with E-state index in [1.54, 1.807) is 0 Å². The Morgan fingerprint density at radius 2 is 1.69 bits per heavy atom. The molecule has 13 nitrogen and oxygen atoms in total.